The molecule has 0 aromatic heterocycles. The van der Waals surface area contributed by atoms with Gasteiger partial charge in [-0.15, -0.1) is 0 Å². The van der Waals surface area contributed by atoms with Crippen LogP contribution >= 0.6 is 16.6 Å². The van der Waals surface area contributed by atoms with E-state index in [1.165, 1.54) is 11.5 Å². The SMILES string of the molecule is [CH3][Pb]1([CH3])[S]CC[S]1. The van der Waals surface area contributed by atoms with E-state index in [-0.39, 0.29) is 0 Å². The first-order chi connectivity index (χ1) is 3.21. The Morgan fingerprint density at radius 1 is 1.14 bits per heavy atom. The summed E-state index contributed by atoms with van der Waals surface area (Å²) < 4.78 is 5.02. The van der Waals surface area contributed by atoms with Gasteiger partial charge in [-0.3, -0.25) is 0 Å². The molecule has 0 aromatic carbocycles. The summed E-state index contributed by atoms with van der Waals surface area (Å²) in [4.78, 5) is 0. The Morgan fingerprint density at radius 3 is 1.71 bits per heavy atom. The summed E-state index contributed by atoms with van der Waals surface area (Å²) in [5.41, 5.74) is 0. The van der Waals surface area contributed by atoms with Crippen LogP contribution in [0, 0.1) is 0 Å². The van der Waals surface area contributed by atoms with Gasteiger partial charge in [-0.1, -0.05) is 0 Å². The van der Waals surface area contributed by atoms with E-state index in [0.29, 0.717) is 0 Å². The van der Waals surface area contributed by atoms with Gasteiger partial charge in [0.05, 0.1) is 0 Å². The fourth-order valence-electron chi connectivity index (χ4n) is 0.617. The monoisotopic (exact) mass is 330 g/mol. The molecule has 1 rings (SSSR count). The fourth-order valence-corrected chi connectivity index (χ4v) is 27.2. The molecular formula is C4H10PbS2. The Labute approximate surface area is 54.8 Å². The van der Waals surface area contributed by atoms with Crippen molar-refractivity contribution in [1.29, 1.82) is 0 Å². The second-order valence-corrected chi connectivity index (χ2v) is 41.3. The van der Waals surface area contributed by atoms with Crippen LogP contribution in [0.2, 0.25) is 8.97 Å². The van der Waals surface area contributed by atoms with Crippen LogP contribution in [-0.2, 0) is 0 Å². The standard InChI is InChI=1S/C2H6S2.2CH3.Pb/c3-1-2-4;;;/h3-4H,1-2H2;2*1H3;/q;;;+2/p-2. The van der Waals surface area contributed by atoms with Crippen molar-refractivity contribution in [2.24, 2.45) is 0 Å². The molecule has 1 saturated heterocycles. The van der Waals surface area contributed by atoms with E-state index in [4.69, 9.17) is 0 Å². The van der Waals surface area contributed by atoms with E-state index in [1.54, 1.807) is 0 Å². The normalized spacial score (nSPS) is 28.3. The van der Waals surface area contributed by atoms with Crippen LogP contribution in [0.25, 0.3) is 0 Å². The molecule has 0 nitrogen and oxygen atoms in total. The van der Waals surface area contributed by atoms with E-state index < -0.39 is 18.2 Å². The summed E-state index contributed by atoms with van der Waals surface area (Å²) in [6.07, 6.45) is 0. The molecule has 0 bridgehead atoms. The van der Waals surface area contributed by atoms with Crippen molar-refractivity contribution >= 4 is 34.8 Å². The fraction of sp³-hybridized carbons (Fsp3) is 1.00. The van der Waals surface area contributed by atoms with E-state index in [2.05, 4.69) is 25.6 Å². The Bertz CT molecular complexity index is 64.1. The predicted octanol–water partition coefficient (Wildman–Crippen LogP) is 2.17. The zero-order valence-corrected chi connectivity index (χ0v) is 10.3. The predicted molar refractivity (Wildman–Crippen MR) is 42.4 cm³/mol. The van der Waals surface area contributed by atoms with Crippen molar-refractivity contribution in [2.45, 2.75) is 8.97 Å². The molecule has 0 N–H and O–H groups in total. The van der Waals surface area contributed by atoms with Crippen LogP contribution in [0.15, 0.2) is 0 Å². The number of hydrogen-bond donors (Lipinski definition) is 0. The summed E-state index contributed by atoms with van der Waals surface area (Å²) in [6.45, 7) is 0. The molecule has 0 aliphatic carbocycles. The molecule has 0 amide bonds. The van der Waals surface area contributed by atoms with Crippen LogP contribution < -0.4 is 0 Å². The summed E-state index contributed by atoms with van der Waals surface area (Å²) in [5.74, 6) is 2.89. The molecule has 3 heteroatoms. The van der Waals surface area contributed by atoms with Crippen LogP contribution in [0.5, 0.6) is 0 Å². The first-order valence-corrected chi connectivity index (χ1v) is 21.8. The Kier molecular flexibility index (Phi) is 2.38. The van der Waals surface area contributed by atoms with Crippen molar-refractivity contribution in [3.05, 3.63) is 0 Å². The maximum atomic E-state index is 2.51. The van der Waals surface area contributed by atoms with Crippen molar-refractivity contribution in [3.63, 3.8) is 0 Å². The van der Waals surface area contributed by atoms with Gasteiger partial charge < -0.3 is 0 Å². The van der Waals surface area contributed by atoms with Gasteiger partial charge in [-0.2, -0.15) is 0 Å². The molecule has 1 fully saturated rings. The van der Waals surface area contributed by atoms with Crippen molar-refractivity contribution in [3.8, 4) is 0 Å². The number of hydrogen-bond acceptors (Lipinski definition) is 2. The van der Waals surface area contributed by atoms with Gasteiger partial charge in [-0.05, 0) is 0 Å². The van der Waals surface area contributed by atoms with Crippen molar-refractivity contribution < 1.29 is 0 Å². The van der Waals surface area contributed by atoms with Crippen LogP contribution in [0.1, 0.15) is 0 Å². The first kappa shape index (κ1) is 6.74. The quantitative estimate of drug-likeness (QED) is 0.625. The van der Waals surface area contributed by atoms with Crippen LogP contribution in [-0.4, -0.2) is 29.7 Å². The maximum absolute atomic E-state index is 2.51. The Balaban J connectivity index is 2.40. The van der Waals surface area contributed by atoms with Gasteiger partial charge in [-0.25, -0.2) is 0 Å². The zero-order chi connectivity index (χ0) is 5.33. The van der Waals surface area contributed by atoms with Crippen molar-refractivity contribution in [2.75, 3.05) is 11.5 Å². The molecule has 1 aliphatic rings. The molecule has 0 radical (unpaired) electrons. The summed E-state index contributed by atoms with van der Waals surface area (Å²) in [7, 11) is 4.57. The van der Waals surface area contributed by atoms with E-state index in [0.717, 1.165) is 0 Å². The second kappa shape index (κ2) is 2.47. The Hall–Kier alpha value is 1.62. The van der Waals surface area contributed by atoms with E-state index >= 15 is 0 Å². The average Bonchev–Trinajstić information content (AvgIpc) is 1.84. The number of rotatable bonds is 0. The van der Waals surface area contributed by atoms with Gasteiger partial charge in [0, 0.05) is 0 Å². The minimum absolute atomic E-state index is 1.44. The topological polar surface area (TPSA) is 0 Å². The second-order valence-electron chi connectivity index (χ2n) is 2.10. The molecular weight excluding hydrogens is 319 g/mol. The van der Waals surface area contributed by atoms with Gasteiger partial charge >= 0.3 is 55.3 Å². The van der Waals surface area contributed by atoms with Gasteiger partial charge in [0.1, 0.15) is 0 Å². The molecule has 0 unspecified atom stereocenters. The third-order valence-corrected chi connectivity index (χ3v) is 30.6. The minimum atomic E-state index is -1.45. The summed E-state index contributed by atoms with van der Waals surface area (Å²) in [6, 6.07) is 0. The third kappa shape index (κ3) is 2.14. The zero-order valence-electron chi connectivity index (χ0n) is 4.73. The van der Waals surface area contributed by atoms with Crippen molar-refractivity contribution in [1.82, 2.24) is 0 Å². The first-order valence-electron chi connectivity index (χ1n) is 2.49. The van der Waals surface area contributed by atoms with E-state index in [1.807, 2.05) is 0 Å². The summed E-state index contributed by atoms with van der Waals surface area (Å²) >= 11 is -1.45. The van der Waals surface area contributed by atoms with Crippen LogP contribution in [0.4, 0.5) is 0 Å². The molecule has 7 heavy (non-hydrogen) atoms. The third-order valence-electron chi connectivity index (χ3n) is 0.983. The van der Waals surface area contributed by atoms with Gasteiger partial charge in [0.15, 0.2) is 0 Å². The molecule has 1 aliphatic heterocycles. The molecule has 0 spiro atoms. The molecule has 1 heterocycles. The van der Waals surface area contributed by atoms with Crippen LogP contribution in [0.3, 0.4) is 0 Å². The molecule has 42 valence electrons. The summed E-state index contributed by atoms with van der Waals surface area (Å²) in [5, 5.41) is 0. The Morgan fingerprint density at radius 2 is 1.57 bits per heavy atom. The molecule has 0 atom stereocenters. The van der Waals surface area contributed by atoms with Gasteiger partial charge in [0.25, 0.3) is 0 Å². The average molecular weight is 329 g/mol. The molecule has 0 aromatic rings. The molecule has 0 saturated carbocycles. The van der Waals surface area contributed by atoms with E-state index in [9.17, 15) is 0 Å². The van der Waals surface area contributed by atoms with Gasteiger partial charge in [0.2, 0.25) is 0 Å².